The van der Waals surface area contributed by atoms with Crippen LogP contribution in [0.2, 0.25) is 0 Å². The number of nitrogens with zero attached hydrogens (tertiary/aromatic N) is 2. The van der Waals surface area contributed by atoms with Gasteiger partial charge < -0.3 is 19.9 Å². The summed E-state index contributed by atoms with van der Waals surface area (Å²) in [7, 11) is 2.04. The van der Waals surface area contributed by atoms with Crippen molar-refractivity contribution in [1.82, 2.24) is 15.1 Å². The number of carbonyl (C=O) groups is 2. The van der Waals surface area contributed by atoms with Crippen molar-refractivity contribution in [3.63, 3.8) is 0 Å². The van der Waals surface area contributed by atoms with Crippen LogP contribution in [0.5, 0.6) is 0 Å². The van der Waals surface area contributed by atoms with Crippen LogP contribution in [0.15, 0.2) is 0 Å². The number of hydrogen-bond donors (Lipinski definition) is 1. The van der Waals surface area contributed by atoms with Crippen molar-refractivity contribution in [2.75, 3.05) is 33.3 Å². The minimum atomic E-state index is -0.446. The molecule has 6 heteroatoms. The molecule has 3 atom stereocenters. The normalized spacial score (nSPS) is 32.6. The Hall–Kier alpha value is -1.14. The van der Waals surface area contributed by atoms with Crippen LogP contribution in [0.3, 0.4) is 0 Å². The van der Waals surface area contributed by atoms with Crippen molar-refractivity contribution >= 4 is 11.8 Å². The number of carbonyl (C=O) groups excluding carboxylic acids is 2. The molecule has 1 N–H and O–H groups in total. The number of morpholine rings is 1. The maximum Gasteiger partial charge on any atom is 0.245 e. The fourth-order valence-corrected chi connectivity index (χ4v) is 2.95. The maximum absolute atomic E-state index is 12.4. The molecular weight excluding hydrogens is 258 g/mol. The molecule has 0 radical (unpaired) electrons. The minimum Gasteiger partial charge on any atom is -0.374 e. The van der Waals surface area contributed by atoms with Crippen LogP contribution in [-0.4, -0.2) is 73.1 Å². The molecule has 2 rings (SSSR count). The fraction of sp³-hybridized carbons (Fsp3) is 0.857. The SMILES string of the molecule is CC1NC(=O)C(C(C)C)N(CC2CN(C)CCO2)C1=O. The van der Waals surface area contributed by atoms with Gasteiger partial charge in [-0.15, -0.1) is 0 Å². The number of piperazine rings is 1. The fourth-order valence-electron chi connectivity index (χ4n) is 2.95. The van der Waals surface area contributed by atoms with Gasteiger partial charge in [-0.05, 0) is 19.9 Å². The van der Waals surface area contributed by atoms with Crippen molar-refractivity contribution in [2.24, 2.45) is 5.92 Å². The second kappa shape index (κ2) is 6.10. The van der Waals surface area contributed by atoms with E-state index in [1.165, 1.54) is 0 Å². The Morgan fingerprint density at radius 1 is 1.40 bits per heavy atom. The first-order valence-corrected chi connectivity index (χ1v) is 7.31. The van der Waals surface area contributed by atoms with Crippen molar-refractivity contribution in [1.29, 1.82) is 0 Å². The van der Waals surface area contributed by atoms with E-state index < -0.39 is 12.1 Å². The van der Waals surface area contributed by atoms with E-state index in [2.05, 4.69) is 10.2 Å². The standard InChI is InChI=1S/C14H25N3O3/c1-9(2)12-13(18)15-10(3)14(19)17(12)8-11-7-16(4)5-6-20-11/h9-12H,5-8H2,1-4H3,(H,15,18). The lowest BCUT2D eigenvalue weighted by Gasteiger charge is -2.42. The van der Waals surface area contributed by atoms with E-state index in [1.54, 1.807) is 11.8 Å². The molecule has 0 aromatic heterocycles. The second-order valence-corrected chi connectivity index (χ2v) is 6.16. The molecule has 2 fully saturated rings. The van der Waals surface area contributed by atoms with Gasteiger partial charge in [0.05, 0.1) is 12.7 Å². The van der Waals surface area contributed by atoms with Crippen LogP contribution in [0, 0.1) is 5.92 Å². The lowest BCUT2D eigenvalue weighted by molar-refractivity contribution is -0.154. The monoisotopic (exact) mass is 283 g/mol. The van der Waals surface area contributed by atoms with Gasteiger partial charge in [0.15, 0.2) is 0 Å². The molecule has 0 saturated carbocycles. The summed E-state index contributed by atoms with van der Waals surface area (Å²) in [4.78, 5) is 28.4. The molecule has 0 aromatic carbocycles. The molecular formula is C14H25N3O3. The summed E-state index contributed by atoms with van der Waals surface area (Å²) >= 11 is 0. The smallest absolute Gasteiger partial charge is 0.245 e. The first-order chi connectivity index (χ1) is 9.40. The van der Waals surface area contributed by atoms with Crippen LogP contribution >= 0.6 is 0 Å². The zero-order valence-electron chi connectivity index (χ0n) is 12.8. The molecule has 0 aromatic rings. The average Bonchev–Trinajstić information content (AvgIpc) is 2.35. The van der Waals surface area contributed by atoms with Crippen LogP contribution in [-0.2, 0) is 14.3 Å². The first kappa shape index (κ1) is 15.3. The molecule has 20 heavy (non-hydrogen) atoms. The lowest BCUT2D eigenvalue weighted by atomic mass is 9.97. The summed E-state index contributed by atoms with van der Waals surface area (Å²) in [5, 5.41) is 2.76. The van der Waals surface area contributed by atoms with Gasteiger partial charge in [0.1, 0.15) is 12.1 Å². The third kappa shape index (κ3) is 3.12. The molecule has 2 saturated heterocycles. The average molecular weight is 283 g/mol. The van der Waals surface area contributed by atoms with E-state index in [4.69, 9.17) is 4.74 Å². The summed E-state index contributed by atoms with van der Waals surface area (Å²) in [5.41, 5.74) is 0. The topological polar surface area (TPSA) is 61.9 Å². The molecule has 2 aliphatic rings. The largest absolute Gasteiger partial charge is 0.374 e. The third-order valence-electron chi connectivity index (χ3n) is 3.99. The Kier molecular flexibility index (Phi) is 4.65. The molecule has 0 spiro atoms. The van der Waals surface area contributed by atoms with E-state index in [-0.39, 0.29) is 23.8 Å². The summed E-state index contributed by atoms with van der Waals surface area (Å²) in [6.45, 7) is 8.54. The Bertz CT molecular complexity index is 386. The second-order valence-electron chi connectivity index (χ2n) is 6.16. The third-order valence-corrected chi connectivity index (χ3v) is 3.99. The Morgan fingerprint density at radius 2 is 2.10 bits per heavy atom. The number of ether oxygens (including phenoxy) is 1. The highest BCUT2D eigenvalue weighted by Gasteiger charge is 2.41. The van der Waals surface area contributed by atoms with Gasteiger partial charge in [-0.2, -0.15) is 0 Å². The van der Waals surface area contributed by atoms with Crippen molar-refractivity contribution in [3.05, 3.63) is 0 Å². The summed E-state index contributed by atoms with van der Waals surface area (Å²) in [6.07, 6.45) is -0.0166. The number of rotatable bonds is 3. The van der Waals surface area contributed by atoms with Gasteiger partial charge in [0.2, 0.25) is 11.8 Å². The van der Waals surface area contributed by atoms with Gasteiger partial charge in [0.25, 0.3) is 0 Å². The molecule has 3 unspecified atom stereocenters. The van der Waals surface area contributed by atoms with E-state index in [0.29, 0.717) is 13.2 Å². The Morgan fingerprint density at radius 3 is 2.70 bits per heavy atom. The molecule has 2 heterocycles. The van der Waals surface area contributed by atoms with Gasteiger partial charge >= 0.3 is 0 Å². The number of hydrogen-bond acceptors (Lipinski definition) is 4. The highest BCUT2D eigenvalue weighted by molar-refractivity contribution is 5.96. The highest BCUT2D eigenvalue weighted by atomic mass is 16.5. The quantitative estimate of drug-likeness (QED) is 0.772. The van der Waals surface area contributed by atoms with Crippen LogP contribution < -0.4 is 5.32 Å². The van der Waals surface area contributed by atoms with E-state index in [9.17, 15) is 9.59 Å². The van der Waals surface area contributed by atoms with Crippen LogP contribution in [0.25, 0.3) is 0 Å². The zero-order chi connectivity index (χ0) is 14.9. The van der Waals surface area contributed by atoms with E-state index in [0.717, 1.165) is 13.1 Å². The van der Waals surface area contributed by atoms with Crippen LogP contribution in [0.4, 0.5) is 0 Å². The summed E-state index contributed by atoms with van der Waals surface area (Å²) < 4.78 is 5.73. The number of amides is 2. The Labute approximate surface area is 120 Å². The van der Waals surface area contributed by atoms with Crippen molar-refractivity contribution in [3.8, 4) is 0 Å². The van der Waals surface area contributed by atoms with Gasteiger partial charge in [-0.25, -0.2) is 0 Å². The number of likely N-dealkylation sites (N-methyl/N-ethyl adjacent to an activating group) is 1. The van der Waals surface area contributed by atoms with E-state index in [1.807, 2.05) is 20.9 Å². The minimum absolute atomic E-state index is 0.0138. The molecule has 2 amide bonds. The van der Waals surface area contributed by atoms with Crippen LogP contribution in [0.1, 0.15) is 20.8 Å². The maximum atomic E-state index is 12.4. The molecule has 114 valence electrons. The number of nitrogens with one attached hydrogen (secondary N) is 1. The molecule has 0 bridgehead atoms. The highest BCUT2D eigenvalue weighted by Crippen LogP contribution is 2.19. The van der Waals surface area contributed by atoms with Gasteiger partial charge in [0, 0.05) is 19.6 Å². The van der Waals surface area contributed by atoms with Gasteiger partial charge in [-0.3, -0.25) is 9.59 Å². The summed E-state index contributed by atoms with van der Waals surface area (Å²) in [5.74, 6) is 0.0177. The van der Waals surface area contributed by atoms with Crippen molar-refractivity contribution in [2.45, 2.75) is 39.0 Å². The molecule has 2 aliphatic heterocycles. The Balaban J connectivity index is 2.11. The summed E-state index contributed by atoms with van der Waals surface area (Å²) in [6, 6.07) is -0.839. The molecule has 0 aliphatic carbocycles. The van der Waals surface area contributed by atoms with E-state index >= 15 is 0 Å². The first-order valence-electron chi connectivity index (χ1n) is 7.31. The van der Waals surface area contributed by atoms with Gasteiger partial charge in [-0.1, -0.05) is 13.8 Å². The lowest BCUT2D eigenvalue weighted by Crippen LogP contribution is -2.65. The predicted octanol–water partition coefficient (Wildman–Crippen LogP) is -0.311. The predicted molar refractivity (Wildman–Crippen MR) is 75.2 cm³/mol. The van der Waals surface area contributed by atoms with Crippen molar-refractivity contribution < 1.29 is 14.3 Å². The zero-order valence-corrected chi connectivity index (χ0v) is 12.8. The molecule has 6 nitrogen and oxygen atoms in total.